The number of amides is 2. The van der Waals surface area contributed by atoms with Crippen LogP contribution in [0.3, 0.4) is 0 Å². The maximum atomic E-state index is 13.9. The Labute approximate surface area is 159 Å². The van der Waals surface area contributed by atoms with Crippen molar-refractivity contribution in [2.45, 2.75) is 19.8 Å². The summed E-state index contributed by atoms with van der Waals surface area (Å²) in [6.45, 7) is 3.64. The number of anilines is 2. The Kier molecular flexibility index (Phi) is 5.66. The smallest absolute Gasteiger partial charge is 0.413 e. The molecule has 2 N–H and O–H groups in total. The predicted molar refractivity (Wildman–Crippen MR) is 104 cm³/mol. The Bertz CT molecular complexity index is 989. The summed E-state index contributed by atoms with van der Waals surface area (Å²) < 4.78 is 19.5. The van der Waals surface area contributed by atoms with Gasteiger partial charge in [0.05, 0.1) is 22.7 Å². The van der Waals surface area contributed by atoms with E-state index in [2.05, 4.69) is 15.6 Å². The second kappa shape index (κ2) is 8.13. The molecule has 1 atom stereocenters. The Hall–Kier alpha value is -3.00. The second-order valence-electron chi connectivity index (χ2n) is 5.78. The third kappa shape index (κ3) is 4.40. The summed E-state index contributed by atoms with van der Waals surface area (Å²) in [5.74, 6) is -1.36. The molecular formula is C19H18FN3O3S. The molecule has 0 aliphatic carbocycles. The van der Waals surface area contributed by atoms with Gasteiger partial charge < -0.3 is 10.1 Å². The van der Waals surface area contributed by atoms with E-state index in [1.165, 1.54) is 17.4 Å². The lowest BCUT2D eigenvalue weighted by Gasteiger charge is -2.13. The number of hydrogen-bond acceptors (Lipinski definition) is 5. The van der Waals surface area contributed by atoms with Crippen LogP contribution in [0.4, 0.5) is 20.0 Å². The molecule has 3 aromatic rings. The monoisotopic (exact) mass is 387 g/mol. The molecule has 2 amide bonds. The van der Waals surface area contributed by atoms with E-state index in [4.69, 9.17) is 4.74 Å². The number of nitrogens with one attached hydrogen (secondary N) is 2. The van der Waals surface area contributed by atoms with Crippen molar-refractivity contribution in [3.05, 3.63) is 53.8 Å². The molecule has 140 valence electrons. The molecule has 0 bridgehead atoms. The van der Waals surface area contributed by atoms with Crippen LogP contribution in [0, 0.1) is 5.82 Å². The van der Waals surface area contributed by atoms with Gasteiger partial charge in [0.1, 0.15) is 5.82 Å². The van der Waals surface area contributed by atoms with E-state index < -0.39 is 17.8 Å². The largest absolute Gasteiger partial charge is 0.450 e. The first-order valence-corrected chi connectivity index (χ1v) is 9.19. The molecule has 8 heteroatoms. The zero-order valence-corrected chi connectivity index (χ0v) is 15.6. The number of aromatic nitrogens is 1. The fraction of sp³-hybridized carbons (Fsp3) is 0.211. The number of ether oxygens (including phenoxy) is 1. The summed E-state index contributed by atoms with van der Waals surface area (Å²) >= 11 is 1.27. The van der Waals surface area contributed by atoms with Crippen molar-refractivity contribution in [2.24, 2.45) is 0 Å². The van der Waals surface area contributed by atoms with E-state index in [0.29, 0.717) is 21.9 Å². The van der Waals surface area contributed by atoms with E-state index in [1.54, 1.807) is 50.2 Å². The molecule has 3 rings (SSSR count). The van der Waals surface area contributed by atoms with Crippen LogP contribution in [0.2, 0.25) is 0 Å². The molecule has 0 fully saturated rings. The predicted octanol–water partition coefficient (Wildman–Crippen LogP) is 4.75. The van der Waals surface area contributed by atoms with Gasteiger partial charge in [0.2, 0.25) is 5.91 Å². The Morgan fingerprint density at radius 1 is 1.22 bits per heavy atom. The van der Waals surface area contributed by atoms with E-state index in [-0.39, 0.29) is 12.5 Å². The van der Waals surface area contributed by atoms with Crippen LogP contribution in [0.25, 0.3) is 10.2 Å². The summed E-state index contributed by atoms with van der Waals surface area (Å²) in [5.41, 5.74) is 1.60. The van der Waals surface area contributed by atoms with E-state index >= 15 is 0 Å². The van der Waals surface area contributed by atoms with Gasteiger partial charge in [0.15, 0.2) is 5.13 Å². The van der Waals surface area contributed by atoms with Gasteiger partial charge in [-0.15, -0.1) is 0 Å². The number of fused-ring (bicyclic) bond motifs is 1. The van der Waals surface area contributed by atoms with Crippen molar-refractivity contribution < 1.29 is 18.7 Å². The molecule has 0 aliphatic heterocycles. The minimum Gasteiger partial charge on any atom is -0.450 e. The van der Waals surface area contributed by atoms with E-state index in [9.17, 15) is 14.0 Å². The number of benzene rings is 2. The van der Waals surface area contributed by atoms with E-state index in [1.807, 2.05) is 0 Å². The molecule has 0 aliphatic rings. The number of rotatable bonds is 5. The van der Waals surface area contributed by atoms with Gasteiger partial charge in [-0.3, -0.25) is 10.1 Å². The SMILES string of the molecule is CCOC(=O)Nc1nc2ccc(NC(=O)C(C)c3ccccc3F)cc2s1. The standard InChI is InChI=1S/C19H18FN3O3S/c1-3-26-19(25)23-18-22-15-9-8-12(10-16(15)27-18)21-17(24)11(2)13-6-4-5-7-14(13)20/h4-11H,3H2,1-2H3,(H,21,24)(H,22,23,25). The normalized spacial score (nSPS) is 11.8. The van der Waals surface area contributed by atoms with Crippen LogP contribution < -0.4 is 10.6 Å². The number of carbonyl (C=O) groups is 2. The highest BCUT2D eigenvalue weighted by Crippen LogP contribution is 2.29. The number of thiazole rings is 1. The van der Waals surface area contributed by atoms with Gasteiger partial charge in [0, 0.05) is 5.69 Å². The summed E-state index contributed by atoms with van der Waals surface area (Å²) in [6.07, 6.45) is -0.566. The summed E-state index contributed by atoms with van der Waals surface area (Å²) in [5, 5.41) is 5.76. The molecule has 2 aromatic carbocycles. The van der Waals surface area contributed by atoms with Crippen molar-refractivity contribution in [3.63, 3.8) is 0 Å². The molecule has 1 unspecified atom stereocenters. The first-order chi connectivity index (χ1) is 13.0. The molecule has 1 heterocycles. The van der Waals surface area contributed by atoms with Crippen LogP contribution in [-0.4, -0.2) is 23.6 Å². The van der Waals surface area contributed by atoms with Gasteiger partial charge in [-0.1, -0.05) is 29.5 Å². The fourth-order valence-corrected chi connectivity index (χ4v) is 3.42. The highest BCUT2D eigenvalue weighted by Gasteiger charge is 2.19. The highest BCUT2D eigenvalue weighted by molar-refractivity contribution is 7.22. The molecule has 0 saturated heterocycles. The lowest BCUT2D eigenvalue weighted by Crippen LogP contribution is -2.19. The lowest BCUT2D eigenvalue weighted by atomic mass is 10.00. The summed E-state index contributed by atoms with van der Waals surface area (Å²) in [4.78, 5) is 28.2. The average Bonchev–Trinajstić information content (AvgIpc) is 3.03. The molecule has 27 heavy (non-hydrogen) atoms. The minimum absolute atomic E-state index is 0.271. The maximum Gasteiger partial charge on any atom is 0.413 e. The quantitative estimate of drug-likeness (QED) is 0.662. The second-order valence-corrected chi connectivity index (χ2v) is 6.81. The van der Waals surface area contributed by atoms with Crippen molar-refractivity contribution in [2.75, 3.05) is 17.2 Å². The summed E-state index contributed by atoms with van der Waals surface area (Å²) in [6, 6.07) is 11.4. The molecule has 0 spiro atoms. The zero-order valence-electron chi connectivity index (χ0n) is 14.8. The first kappa shape index (κ1) is 18.8. The van der Waals surface area contributed by atoms with Gasteiger partial charge in [0.25, 0.3) is 0 Å². The third-order valence-corrected chi connectivity index (χ3v) is 4.84. The number of halogens is 1. The Morgan fingerprint density at radius 2 is 2.00 bits per heavy atom. The van der Waals surface area contributed by atoms with E-state index in [0.717, 1.165) is 4.70 Å². The third-order valence-electron chi connectivity index (χ3n) is 3.91. The van der Waals surface area contributed by atoms with Crippen molar-refractivity contribution >= 4 is 44.4 Å². The Balaban J connectivity index is 1.74. The van der Waals surface area contributed by atoms with Crippen LogP contribution in [0.5, 0.6) is 0 Å². The first-order valence-electron chi connectivity index (χ1n) is 8.37. The molecular weight excluding hydrogens is 369 g/mol. The van der Waals surface area contributed by atoms with Crippen LogP contribution in [0.1, 0.15) is 25.3 Å². The average molecular weight is 387 g/mol. The van der Waals surface area contributed by atoms with Crippen LogP contribution in [0.15, 0.2) is 42.5 Å². The number of carbonyl (C=O) groups excluding carboxylic acids is 2. The number of hydrogen-bond donors (Lipinski definition) is 2. The minimum atomic E-state index is -0.635. The number of nitrogens with zero attached hydrogens (tertiary/aromatic N) is 1. The fourth-order valence-electron chi connectivity index (χ4n) is 2.53. The summed E-state index contributed by atoms with van der Waals surface area (Å²) in [7, 11) is 0. The molecule has 0 saturated carbocycles. The Morgan fingerprint density at radius 3 is 2.74 bits per heavy atom. The van der Waals surface area contributed by atoms with Crippen LogP contribution >= 0.6 is 11.3 Å². The molecule has 1 aromatic heterocycles. The molecule has 0 radical (unpaired) electrons. The maximum absolute atomic E-state index is 13.9. The zero-order chi connectivity index (χ0) is 19.4. The lowest BCUT2D eigenvalue weighted by molar-refractivity contribution is -0.117. The van der Waals surface area contributed by atoms with Crippen LogP contribution in [-0.2, 0) is 9.53 Å². The molecule has 6 nitrogen and oxygen atoms in total. The van der Waals surface area contributed by atoms with Crippen molar-refractivity contribution in [3.8, 4) is 0 Å². The highest BCUT2D eigenvalue weighted by atomic mass is 32.1. The van der Waals surface area contributed by atoms with Gasteiger partial charge in [-0.2, -0.15) is 0 Å². The van der Waals surface area contributed by atoms with Crippen molar-refractivity contribution in [1.29, 1.82) is 0 Å². The van der Waals surface area contributed by atoms with Gasteiger partial charge in [-0.25, -0.2) is 14.2 Å². The van der Waals surface area contributed by atoms with Gasteiger partial charge in [-0.05, 0) is 43.7 Å². The van der Waals surface area contributed by atoms with Crippen molar-refractivity contribution in [1.82, 2.24) is 4.98 Å². The van der Waals surface area contributed by atoms with Gasteiger partial charge >= 0.3 is 6.09 Å². The topological polar surface area (TPSA) is 80.3 Å².